The minimum absolute atomic E-state index is 0.0167. The number of carbonyl (C=O) groups is 2. The fourth-order valence-corrected chi connectivity index (χ4v) is 5.42. The average Bonchev–Trinajstić information content (AvgIpc) is 3.43. The van der Waals surface area contributed by atoms with Crippen LogP contribution in [-0.2, 0) is 11.2 Å². The molecule has 1 aliphatic rings. The highest BCUT2D eigenvalue weighted by Crippen LogP contribution is 2.23. The van der Waals surface area contributed by atoms with E-state index in [1.807, 2.05) is 60.7 Å². The van der Waals surface area contributed by atoms with Crippen LogP contribution in [-0.4, -0.2) is 59.3 Å². The van der Waals surface area contributed by atoms with Gasteiger partial charge >= 0.3 is 0 Å². The lowest BCUT2D eigenvalue weighted by Gasteiger charge is -2.34. The molecular weight excluding hydrogens is 530 g/mol. The van der Waals surface area contributed by atoms with E-state index in [-0.39, 0.29) is 17.9 Å². The van der Waals surface area contributed by atoms with Gasteiger partial charge in [-0.1, -0.05) is 72.3 Å². The van der Waals surface area contributed by atoms with Gasteiger partial charge in [0.25, 0.3) is 5.91 Å². The van der Waals surface area contributed by atoms with E-state index in [1.54, 1.807) is 22.4 Å². The second-order valence-electron chi connectivity index (χ2n) is 9.46. The molecule has 3 aromatic carbocycles. The lowest BCUT2D eigenvalue weighted by molar-refractivity contribution is -0.123. The van der Waals surface area contributed by atoms with Crippen LogP contribution in [0.5, 0.6) is 0 Å². The summed E-state index contributed by atoms with van der Waals surface area (Å²) in [6.45, 7) is 2.67. The van der Waals surface area contributed by atoms with Gasteiger partial charge in [0.2, 0.25) is 5.91 Å². The zero-order chi connectivity index (χ0) is 27.0. The molecule has 2 heterocycles. The summed E-state index contributed by atoms with van der Waals surface area (Å²) in [6, 6.07) is 27.5. The van der Waals surface area contributed by atoms with E-state index < -0.39 is 0 Å². The van der Waals surface area contributed by atoms with Crippen molar-refractivity contribution < 1.29 is 9.59 Å². The Hall–Kier alpha value is -3.72. The molecule has 0 radical (unpaired) electrons. The van der Waals surface area contributed by atoms with Gasteiger partial charge < -0.3 is 15.5 Å². The number of nitrogens with zero attached hydrogens (tertiary/aromatic N) is 3. The normalized spacial score (nSPS) is 14.5. The lowest BCUT2D eigenvalue weighted by atomic mass is 9.99. The number of nitrogens with one attached hydrogen (secondary N) is 2. The van der Waals surface area contributed by atoms with Gasteiger partial charge in [-0.25, -0.2) is 4.98 Å². The van der Waals surface area contributed by atoms with Gasteiger partial charge in [0, 0.05) is 42.3 Å². The standard InChI is InChI=1S/C30H30ClN5O2S/c31-24-11-13-25(14-12-24)32-30-34-27(21-39-30)29(38)36-17-15-35(16-18-36)20-28(37)33-26(23-9-5-2-6-10-23)19-22-7-3-1-4-8-22/h1-14,21,26H,15-20H2,(H,32,34)(H,33,37)/t26-/m0/s1. The van der Waals surface area contributed by atoms with E-state index in [4.69, 9.17) is 11.6 Å². The molecule has 1 aliphatic heterocycles. The molecular formula is C30H30ClN5O2S. The third-order valence-corrected chi connectivity index (χ3v) is 7.68. The number of rotatable bonds is 9. The summed E-state index contributed by atoms with van der Waals surface area (Å²) in [5.41, 5.74) is 3.54. The number of thiazole rings is 1. The molecule has 1 fully saturated rings. The number of hydrogen-bond donors (Lipinski definition) is 2. The topological polar surface area (TPSA) is 77.6 Å². The fraction of sp³-hybridized carbons (Fsp3) is 0.233. The molecule has 9 heteroatoms. The lowest BCUT2D eigenvalue weighted by Crippen LogP contribution is -2.51. The summed E-state index contributed by atoms with van der Waals surface area (Å²) >= 11 is 7.33. The first-order valence-electron chi connectivity index (χ1n) is 12.9. The smallest absolute Gasteiger partial charge is 0.273 e. The Bertz CT molecular complexity index is 1370. The van der Waals surface area contributed by atoms with Crippen molar-refractivity contribution in [3.05, 3.63) is 112 Å². The first kappa shape index (κ1) is 26.9. The number of aromatic nitrogens is 1. The van der Waals surface area contributed by atoms with Crippen molar-refractivity contribution in [3.63, 3.8) is 0 Å². The largest absolute Gasteiger partial charge is 0.348 e. The van der Waals surface area contributed by atoms with Crippen molar-refractivity contribution in [2.45, 2.75) is 12.5 Å². The molecule has 39 heavy (non-hydrogen) atoms. The van der Waals surface area contributed by atoms with Gasteiger partial charge in [-0.3, -0.25) is 14.5 Å². The van der Waals surface area contributed by atoms with Gasteiger partial charge in [0.15, 0.2) is 5.13 Å². The van der Waals surface area contributed by atoms with E-state index in [0.717, 1.165) is 17.7 Å². The molecule has 0 unspecified atom stereocenters. The van der Waals surface area contributed by atoms with Crippen molar-refractivity contribution >= 4 is 45.6 Å². The summed E-state index contributed by atoms with van der Waals surface area (Å²) < 4.78 is 0. The summed E-state index contributed by atoms with van der Waals surface area (Å²) in [5, 5.41) is 9.53. The predicted octanol–water partition coefficient (Wildman–Crippen LogP) is 5.40. The molecule has 1 aromatic heterocycles. The quantitative estimate of drug-likeness (QED) is 0.287. The molecule has 1 atom stereocenters. The van der Waals surface area contributed by atoms with Crippen LogP contribution in [0, 0.1) is 0 Å². The molecule has 5 rings (SSSR count). The van der Waals surface area contributed by atoms with Crippen LogP contribution < -0.4 is 10.6 Å². The number of anilines is 2. The van der Waals surface area contributed by atoms with E-state index in [2.05, 4.69) is 32.7 Å². The van der Waals surface area contributed by atoms with Crippen molar-refractivity contribution in [2.24, 2.45) is 0 Å². The van der Waals surface area contributed by atoms with E-state index >= 15 is 0 Å². The monoisotopic (exact) mass is 559 g/mol. The number of benzene rings is 3. The van der Waals surface area contributed by atoms with Crippen LogP contribution in [0.4, 0.5) is 10.8 Å². The molecule has 4 aromatic rings. The van der Waals surface area contributed by atoms with E-state index in [9.17, 15) is 9.59 Å². The molecule has 200 valence electrons. The zero-order valence-corrected chi connectivity index (χ0v) is 23.0. The predicted molar refractivity (Wildman–Crippen MR) is 157 cm³/mol. The third kappa shape index (κ3) is 7.44. The highest BCUT2D eigenvalue weighted by Gasteiger charge is 2.25. The number of amides is 2. The van der Waals surface area contributed by atoms with Gasteiger partial charge in [-0.05, 0) is 41.8 Å². The Balaban J connectivity index is 1.12. The summed E-state index contributed by atoms with van der Waals surface area (Å²) in [6.07, 6.45) is 0.724. The van der Waals surface area contributed by atoms with Crippen LogP contribution in [0.3, 0.4) is 0 Å². The molecule has 2 N–H and O–H groups in total. The Morgan fingerprint density at radius 1 is 0.897 bits per heavy atom. The number of halogens is 1. The Morgan fingerprint density at radius 2 is 1.56 bits per heavy atom. The van der Waals surface area contributed by atoms with Crippen molar-refractivity contribution in [3.8, 4) is 0 Å². The SMILES string of the molecule is O=C(CN1CCN(C(=O)c2csc(Nc3ccc(Cl)cc3)n2)CC1)N[C@@H](Cc1ccccc1)c1ccccc1. The maximum absolute atomic E-state index is 13.0. The highest BCUT2D eigenvalue weighted by atomic mass is 35.5. The second-order valence-corrected chi connectivity index (χ2v) is 10.8. The molecule has 7 nitrogen and oxygen atoms in total. The van der Waals surface area contributed by atoms with Gasteiger partial charge in [-0.15, -0.1) is 11.3 Å². The number of piperazine rings is 1. The maximum atomic E-state index is 13.0. The second kappa shape index (κ2) is 12.9. The zero-order valence-electron chi connectivity index (χ0n) is 21.4. The van der Waals surface area contributed by atoms with Crippen LogP contribution >= 0.6 is 22.9 Å². The minimum Gasteiger partial charge on any atom is -0.348 e. The molecule has 1 saturated heterocycles. The van der Waals surface area contributed by atoms with E-state index in [0.29, 0.717) is 48.6 Å². The van der Waals surface area contributed by atoms with Gasteiger partial charge in [-0.2, -0.15) is 0 Å². The molecule has 0 bridgehead atoms. The molecule has 2 amide bonds. The third-order valence-electron chi connectivity index (χ3n) is 6.67. The van der Waals surface area contributed by atoms with Crippen LogP contribution in [0.1, 0.15) is 27.7 Å². The fourth-order valence-electron chi connectivity index (χ4n) is 4.59. The van der Waals surface area contributed by atoms with E-state index in [1.165, 1.54) is 16.9 Å². The summed E-state index contributed by atoms with van der Waals surface area (Å²) in [5.74, 6) is -0.108. The summed E-state index contributed by atoms with van der Waals surface area (Å²) in [4.78, 5) is 34.4. The van der Waals surface area contributed by atoms with Crippen molar-refractivity contribution in [2.75, 3.05) is 38.0 Å². The van der Waals surface area contributed by atoms with Crippen LogP contribution in [0.2, 0.25) is 5.02 Å². The molecule has 0 saturated carbocycles. The van der Waals surface area contributed by atoms with Gasteiger partial charge in [0.05, 0.1) is 12.6 Å². The minimum atomic E-state index is -0.107. The van der Waals surface area contributed by atoms with Crippen molar-refractivity contribution in [1.82, 2.24) is 20.1 Å². The first-order valence-corrected chi connectivity index (χ1v) is 14.2. The highest BCUT2D eigenvalue weighted by molar-refractivity contribution is 7.14. The Morgan fingerprint density at radius 3 is 2.26 bits per heavy atom. The average molecular weight is 560 g/mol. The Kier molecular flexibility index (Phi) is 8.88. The van der Waals surface area contributed by atoms with Crippen molar-refractivity contribution in [1.29, 1.82) is 0 Å². The number of hydrogen-bond acceptors (Lipinski definition) is 6. The van der Waals surface area contributed by atoms with Crippen LogP contribution in [0.15, 0.2) is 90.3 Å². The first-order chi connectivity index (χ1) is 19.0. The summed E-state index contributed by atoms with van der Waals surface area (Å²) in [7, 11) is 0. The maximum Gasteiger partial charge on any atom is 0.273 e. The number of carbonyl (C=O) groups excluding carboxylic acids is 2. The van der Waals surface area contributed by atoms with Gasteiger partial charge in [0.1, 0.15) is 5.69 Å². The molecule has 0 spiro atoms. The molecule has 0 aliphatic carbocycles. The van der Waals surface area contributed by atoms with Crippen LogP contribution in [0.25, 0.3) is 0 Å². The Labute approximate surface area is 237 Å².